The lowest BCUT2D eigenvalue weighted by Gasteiger charge is -2.27. The Hall–Kier alpha value is -3.97. The quantitative estimate of drug-likeness (QED) is 0.208. The van der Waals surface area contributed by atoms with Crippen molar-refractivity contribution in [2.75, 3.05) is 13.7 Å². The minimum absolute atomic E-state index is 0.0546. The molecule has 1 aliphatic rings. The number of halogens is 1. The van der Waals surface area contributed by atoms with E-state index in [2.05, 4.69) is 17.1 Å². The fraction of sp³-hybridized carbons (Fsp3) is 0.290. The highest BCUT2D eigenvalue weighted by molar-refractivity contribution is 6.31. The number of nitrogens with one attached hydrogen (secondary N) is 1. The number of carbonyl (C=O) groups is 1. The first-order chi connectivity index (χ1) is 18.9. The van der Waals surface area contributed by atoms with Gasteiger partial charge in [-0.15, -0.1) is 0 Å². The molecule has 0 saturated heterocycles. The third-order valence-electron chi connectivity index (χ3n) is 7.10. The molecule has 1 aliphatic heterocycles. The highest BCUT2D eigenvalue weighted by Crippen LogP contribution is 2.46. The number of rotatable bonds is 10. The van der Waals surface area contributed by atoms with Crippen molar-refractivity contribution in [2.45, 2.75) is 45.7 Å². The van der Waals surface area contributed by atoms with Crippen LogP contribution in [-0.4, -0.2) is 39.8 Å². The number of carbonyl (C=O) groups excluding carboxylic acids is 1. The van der Waals surface area contributed by atoms with Gasteiger partial charge >= 0.3 is 0 Å². The number of H-pyrrole nitrogens is 1. The monoisotopic (exact) mass is 545 g/mol. The van der Waals surface area contributed by atoms with E-state index in [9.17, 15) is 9.90 Å². The molecule has 1 amide bonds. The van der Waals surface area contributed by atoms with Gasteiger partial charge in [0.15, 0.2) is 0 Å². The number of phenols is 1. The Bertz CT molecular complexity index is 1480. The summed E-state index contributed by atoms with van der Waals surface area (Å²) in [6, 6.07) is 18.4. The lowest BCUT2D eigenvalue weighted by molar-refractivity contribution is 0.0730. The van der Waals surface area contributed by atoms with E-state index in [1.165, 1.54) is 0 Å². The number of unbranched alkanes of at least 4 members (excludes halogenated alkanes) is 2. The second-order valence-corrected chi connectivity index (χ2v) is 10.2. The fourth-order valence-electron chi connectivity index (χ4n) is 5.01. The molecular weight excluding hydrogens is 514 g/mol. The number of benzene rings is 3. The van der Waals surface area contributed by atoms with Crippen molar-refractivity contribution in [3.05, 3.63) is 93.6 Å². The summed E-state index contributed by atoms with van der Waals surface area (Å²) < 4.78 is 11.3. The maximum atomic E-state index is 13.8. The summed E-state index contributed by atoms with van der Waals surface area (Å²) >= 11 is 6.43. The first-order valence-electron chi connectivity index (χ1n) is 13.2. The van der Waals surface area contributed by atoms with Crippen LogP contribution in [0.25, 0.3) is 11.3 Å². The second kappa shape index (κ2) is 11.4. The van der Waals surface area contributed by atoms with Crippen LogP contribution in [0.1, 0.15) is 65.0 Å². The summed E-state index contributed by atoms with van der Waals surface area (Å²) in [5.74, 6) is 1.38. The van der Waals surface area contributed by atoms with Crippen LogP contribution in [0.5, 0.6) is 17.2 Å². The molecule has 0 bridgehead atoms. The predicted octanol–water partition coefficient (Wildman–Crippen LogP) is 7.07. The molecule has 0 aliphatic carbocycles. The zero-order chi connectivity index (χ0) is 27.5. The normalized spacial score (nSPS) is 14.5. The van der Waals surface area contributed by atoms with Crippen molar-refractivity contribution in [3.8, 4) is 28.5 Å². The molecule has 1 aromatic heterocycles. The van der Waals surface area contributed by atoms with Crippen LogP contribution in [-0.2, 0) is 6.54 Å². The van der Waals surface area contributed by atoms with Gasteiger partial charge in [0.25, 0.3) is 5.91 Å². The molecule has 7 nitrogen and oxygen atoms in total. The maximum Gasteiger partial charge on any atom is 0.273 e. The third kappa shape index (κ3) is 5.32. The standard InChI is InChI=1S/C31H32ClN3O4/c1-4-5-6-14-39-23-9-7-8-21(16-23)30-27-28(24-17-25(32)19(2)15-26(24)36)33-34-29(27)31(37)35(30)18-20-10-12-22(38-3)13-11-20/h7-13,15-17,30,36H,4-6,14,18H2,1-3H3,(H,33,34). The van der Waals surface area contributed by atoms with Gasteiger partial charge in [0.2, 0.25) is 0 Å². The zero-order valence-electron chi connectivity index (χ0n) is 22.3. The SMILES string of the molecule is CCCCCOc1cccc(C2c3c(-c4cc(Cl)c(C)cc4O)n[nH]c3C(=O)N2Cc2ccc(OC)cc2)c1. The summed E-state index contributed by atoms with van der Waals surface area (Å²) in [5.41, 5.74) is 4.67. The Morgan fingerprint density at radius 3 is 2.62 bits per heavy atom. The molecule has 2 N–H and O–H groups in total. The molecule has 8 heteroatoms. The van der Waals surface area contributed by atoms with Crippen molar-refractivity contribution in [2.24, 2.45) is 0 Å². The largest absolute Gasteiger partial charge is 0.507 e. The molecule has 0 saturated carbocycles. The second-order valence-electron chi connectivity index (χ2n) is 9.79. The number of aromatic nitrogens is 2. The number of aryl methyl sites for hydroxylation is 1. The Morgan fingerprint density at radius 1 is 1.08 bits per heavy atom. The summed E-state index contributed by atoms with van der Waals surface area (Å²) in [4.78, 5) is 15.6. The zero-order valence-corrected chi connectivity index (χ0v) is 23.1. The summed E-state index contributed by atoms with van der Waals surface area (Å²) in [7, 11) is 1.63. The third-order valence-corrected chi connectivity index (χ3v) is 7.51. The van der Waals surface area contributed by atoms with E-state index in [-0.39, 0.29) is 11.7 Å². The van der Waals surface area contributed by atoms with Crippen LogP contribution >= 0.6 is 11.6 Å². The molecule has 202 valence electrons. The number of hydrogen-bond donors (Lipinski definition) is 2. The van der Waals surface area contributed by atoms with E-state index < -0.39 is 6.04 Å². The average molecular weight is 546 g/mol. The predicted molar refractivity (Wildman–Crippen MR) is 152 cm³/mol. The first kappa shape index (κ1) is 26.6. The fourth-order valence-corrected chi connectivity index (χ4v) is 5.18. The van der Waals surface area contributed by atoms with Gasteiger partial charge in [0.05, 0.1) is 19.8 Å². The van der Waals surface area contributed by atoms with Gasteiger partial charge in [-0.05, 0) is 66.4 Å². The molecule has 1 atom stereocenters. The highest BCUT2D eigenvalue weighted by Gasteiger charge is 2.42. The number of nitrogens with zero attached hydrogens (tertiary/aromatic N) is 2. The van der Waals surface area contributed by atoms with Crippen LogP contribution in [0.15, 0.2) is 60.7 Å². The van der Waals surface area contributed by atoms with Crippen molar-refractivity contribution >= 4 is 17.5 Å². The molecule has 2 heterocycles. The van der Waals surface area contributed by atoms with Crippen molar-refractivity contribution in [1.29, 1.82) is 0 Å². The van der Waals surface area contributed by atoms with Gasteiger partial charge in [0, 0.05) is 22.7 Å². The Kier molecular flexibility index (Phi) is 7.79. The molecule has 0 fully saturated rings. The van der Waals surface area contributed by atoms with E-state index >= 15 is 0 Å². The Morgan fingerprint density at radius 2 is 1.87 bits per heavy atom. The van der Waals surface area contributed by atoms with E-state index in [1.54, 1.807) is 19.2 Å². The maximum absolute atomic E-state index is 13.8. The van der Waals surface area contributed by atoms with Gasteiger partial charge in [-0.2, -0.15) is 5.10 Å². The molecule has 4 aromatic rings. The number of methoxy groups -OCH3 is 1. The summed E-state index contributed by atoms with van der Waals surface area (Å²) in [5, 5.41) is 18.8. The average Bonchev–Trinajstić information content (AvgIpc) is 3.48. The number of amides is 1. The minimum Gasteiger partial charge on any atom is -0.507 e. The molecule has 39 heavy (non-hydrogen) atoms. The molecule has 1 unspecified atom stereocenters. The van der Waals surface area contributed by atoms with Crippen molar-refractivity contribution < 1.29 is 19.4 Å². The number of aromatic amines is 1. The Balaban J connectivity index is 1.58. The van der Waals surface area contributed by atoms with Crippen LogP contribution in [0.3, 0.4) is 0 Å². The first-order valence-corrected chi connectivity index (χ1v) is 13.5. The Labute approximate surface area is 233 Å². The van der Waals surface area contributed by atoms with Gasteiger partial charge in [-0.25, -0.2) is 0 Å². The van der Waals surface area contributed by atoms with Gasteiger partial charge < -0.3 is 19.5 Å². The van der Waals surface area contributed by atoms with E-state index in [0.29, 0.717) is 40.7 Å². The number of hydrogen-bond acceptors (Lipinski definition) is 5. The van der Waals surface area contributed by atoms with E-state index in [1.807, 2.05) is 60.4 Å². The van der Waals surface area contributed by atoms with Gasteiger partial charge in [0.1, 0.15) is 28.6 Å². The lowest BCUT2D eigenvalue weighted by atomic mass is 9.95. The number of phenolic OH excluding ortho intramolecular Hbond substituents is 1. The number of aromatic hydroxyl groups is 1. The van der Waals surface area contributed by atoms with Gasteiger partial charge in [-0.1, -0.05) is 55.6 Å². The van der Waals surface area contributed by atoms with Crippen LogP contribution < -0.4 is 9.47 Å². The van der Waals surface area contributed by atoms with E-state index in [0.717, 1.165) is 47.5 Å². The smallest absolute Gasteiger partial charge is 0.273 e. The van der Waals surface area contributed by atoms with Crippen LogP contribution in [0, 0.1) is 6.92 Å². The molecular formula is C31H32ClN3O4. The molecule has 3 aromatic carbocycles. The molecule has 0 spiro atoms. The number of fused-ring (bicyclic) bond motifs is 1. The van der Waals surface area contributed by atoms with Gasteiger partial charge in [-0.3, -0.25) is 9.89 Å². The van der Waals surface area contributed by atoms with E-state index in [4.69, 9.17) is 21.1 Å². The topological polar surface area (TPSA) is 87.7 Å². The van der Waals surface area contributed by atoms with Crippen molar-refractivity contribution in [3.63, 3.8) is 0 Å². The lowest BCUT2D eigenvalue weighted by Crippen LogP contribution is -2.29. The van der Waals surface area contributed by atoms with Crippen LogP contribution in [0.2, 0.25) is 5.02 Å². The minimum atomic E-state index is -0.456. The van der Waals surface area contributed by atoms with Crippen molar-refractivity contribution in [1.82, 2.24) is 15.1 Å². The molecule has 5 rings (SSSR count). The summed E-state index contributed by atoms with van der Waals surface area (Å²) in [6.45, 7) is 5.00. The van der Waals surface area contributed by atoms with Crippen LogP contribution in [0.4, 0.5) is 0 Å². The summed E-state index contributed by atoms with van der Waals surface area (Å²) in [6.07, 6.45) is 3.21. The molecule has 0 radical (unpaired) electrons. The number of ether oxygens (including phenoxy) is 2. The highest BCUT2D eigenvalue weighted by atomic mass is 35.5.